The largest absolute Gasteiger partial charge is 0.406 e. The number of nitrogens with zero attached hydrogens (tertiary/aromatic N) is 2. The first-order valence-corrected chi connectivity index (χ1v) is 6.68. The van der Waals surface area contributed by atoms with Crippen LogP contribution in [0.25, 0.3) is 0 Å². The molecule has 2 rings (SSSR count). The molecule has 22 heavy (non-hydrogen) atoms. The number of rotatable bonds is 3. The van der Waals surface area contributed by atoms with Crippen LogP contribution in [0.5, 0.6) is 0 Å². The van der Waals surface area contributed by atoms with Crippen LogP contribution in [0.4, 0.5) is 18.9 Å². The Morgan fingerprint density at radius 2 is 2.05 bits per heavy atom. The van der Waals surface area contributed by atoms with Crippen LogP contribution in [0.2, 0.25) is 0 Å². The second kappa shape index (κ2) is 5.86. The van der Waals surface area contributed by atoms with Crippen molar-refractivity contribution in [3.8, 4) is 0 Å². The number of nitrogens with two attached hydrogens (primary N) is 1. The van der Waals surface area contributed by atoms with E-state index in [1.54, 1.807) is 18.2 Å². The van der Waals surface area contributed by atoms with Crippen LogP contribution in [-0.2, 0) is 4.79 Å². The van der Waals surface area contributed by atoms with Crippen molar-refractivity contribution in [1.82, 2.24) is 9.80 Å². The quantitative estimate of drug-likeness (QED) is 0.860. The molecule has 1 aliphatic rings. The lowest BCUT2D eigenvalue weighted by Gasteiger charge is -2.25. The Balaban J connectivity index is 2.11. The summed E-state index contributed by atoms with van der Waals surface area (Å²) in [4.78, 5) is 26.3. The third-order valence-electron chi connectivity index (χ3n) is 3.62. The zero-order valence-electron chi connectivity index (χ0n) is 11.9. The molecule has 1 fully saturated rings. The number of hydrogen-bond acceptors (Lipinski definition) is 3. The van der Waals surface area contributed by atoms with E-state index in [0.717, 1.165) is 9.80 Å². The molecule has 0 radical (unpaired) electrons. The number of likely N-dealkylation sites (tertiary alicyclic amines) is 1. The number of hydrogen-bond donors (Lipinski definition) is 1. The summed E-state index contributed by atoms with van der Waals surface area (Å²) in [6.07, 6.45) is -4.28. The highest BCUT2D eigenvalue weighted by Gasteiger charge is 2.41. The van der Waals surface area contributed by atoms with Gasteiger partial charge in [-0.05, 0) is 18.6 Å². The number of alkyl halides is 3. The van der Waals surface area contributed by atoms with Crippen LogP contribution in [-0.4, -0.2) is 54.0 Å². The fourth-order valence-corrected chi connectivity index (χ4v) is 2.48. The minimum absolute atomic E-state index is 0.0229. The Bertz CT molecular complexity index is 589. The average molecular weight is 315 g/mol. The van der Waals surface area contributed by atoms with Gasteiger partial charge < -0.3 is 15.5 Å². The molecule has 0 aliphatic carbocycles. The van der Waals surface area contributed by atoms with Crippen molar-refractivity contribution < 1.29 is 22.8 Å². The molecule has 0 bridgehead atoms. The predicted octanol–water partition coefficient (Wildman–Crippen LogP) is 1.50. The van der Waals surface area contributed by atoms with Gasteiger partial charge in [-0.1, -0.05) is 12.1 Å². The van der Waals surface area contributed by atoms with E-state index in [2.05, 4.69) is 0 Å². The van der Waals surface area contributed by atoms with E-state index in [-0.39, 0.29) is 24.2 Å². The van der Waals surface area contributed by atoms with Gasteiger partial charge in [0.1, 0.15) is 12.6 Å². The highest BCUT2D eigenvalue weighted by molar-refractivity contribution is 6.01. The Labute approximate surface area is 125 Å². The molecule has 0 aromatic heterocycles. The minimum Gasteiger partial charge on any atom is -0.398 e. The van der Waals surface area contributed by atoms with Gasteiger partial charge in [-0.2, -0.15) is 13.2 Å². The lowest BCUT2D eigenvalue weighted by Crippen LogP contribution is -2.44. The number of para-hydroxylation sites is 1. The van der Waals surface area contributed by atoms with Crippen LogP contribution < -0.4 is 5.73 Å². The number of carbonyl (C=O) groups excluding carboxylic acids is 2. The number of benzene rings is 1. The van der Waals surface area contributed by atoms with Crippen LogP contribution in [0, 0.1) is 0 Å². The lowest BCUT2D eigenvalue weighted by molar-refractivity contribution is -0.158. The second-order valence-electron chi connectivity index (χ2n) is 5.18. The molecule has 1 heterocycles. The summed E-state index contributed by atoms with van der Waals surface area (Å²) in [5, 5.41) is 0. The van der Waals surface area contributed by atoms with Gasteiger partial charge in [0.25, 0.3) is 5.91 Å². The number of nitrogen functional groups attached to an aromatic ring is 1. The Morgan fingerprint density at radius 3 is 2.64 bits per heavy atom. The zero-order valence-corrected chi connectivity index (χ0v) is 11.9. The van der Waals surface area contributed by atoms with Crippen molar-refractivity contribution in [3.63, 3.8) is 0 Å². The molecular weight excluding hydrogens is 299 g/mol. The molecule has 120 valence electrons. The Hall–Kier alpha value is -2.25. The summed E-state index contributed by atoms with van der Waals surface area (Å²) in [6.45, 7) is -1.32. The highest BCUT2D eigenvalue weighted by atomic mass is 19.4. The standard InChI is InChI=1S/C14H16F3N3O2/c1-19(12(21)9-4-2-3-5-10(9)18)11-6-7-20(13(11)22)8-14(15,16)17/h2-5,11H,6-8,18H2,1H3. The SMILES string of the molecule is CN(C(=O)c1ccccc1N)C1CCN(CC(F)(F)F)C1=O. The smallest absolute Gasteiger partial charge is 0.398 e. The Kier molecular flexibility index (Phi) is 4.30. The molecule has 0 spiro atoms. The first kappa shape index (κ1) is 16.1. The average Bonchev–Trinajstić information content (AvgIpc) is 2.77. The first-order chi connectivity index (χ1) is 10.2. The summed E-state index contributed by atoms with van der Waals surface area (Å²) >= 11 is 0. The second-order valence-corrected chi connectivity index (χ2v) is 5.18. The maximum atomic E-state index is 12.4. The monoisotopic (exact) mass is 315 g/mol. The number of anilines is 1. The topological polar surface area (TPSA) is 66.6 Å². The van der Waals surface area contributed by atoms with E-state index in [9.17, 15) is 22.8 Å². The van der Waals surface area contributed by atoms with Gasteiger partial charge in [-0.3, -0.25) is 9.59 Å². The molecule has 2 amide bonds. The maximum absolute atomic E-state index is 12.4. The summed E-state index contributed by atoms with van der Waals surface area (Å²) in [5.41, 5.74) is 6.20. The maximum Gasteiger partial charge on any atom is 0.406 e. The summed E-state index contributed by atoms with van der Waals surface area (Å²) in [7, 11) is 1.40. The predicted molar refractivity (Wildman–Crippen MR) is 74.0 cm³/mol. The van der Waals surface area contributed by atoms with Crippen molar-refractivity contribution in [3.05, 3.63) is 29.8 Å². The molecular formula is C14H16F3N3O2. The van der Waals surface area contributed by atoms with E-state index >= 15 is 0 Å². The molecule has 1 aromatic carbocycles. The van der Waals surface area contributed by atoms with Gasteiger partial charge in [0.15, 0.2) is 0 Å². The number of carbonyl (C=O) groups is 2. The van der Waals surface area contributed by atoms with Crippen molar-refractivity contribution in [2.24, 2.45) is 0 Å². The summed E-state index contributed by atoms with van der Waals surface area (Å²) < 4.78 is 37.2. The highest BCUT2D eigenvalue weighted by Crippen LogP contribution is 2.24. The fourth-order valence-electron chi connectivity index (χ4n) is 2.48. The van der Waals surface area contributed by atoms with Crippen LogP contribution >= 0.6 is 0 Å². The van der Waals surface area contributed by atoms with Gasteiger partial charge in [-0.15, -0.1) is 0 Å². The molecule has 1 aliphatic heterocycles. The summed E-state index contributed by atoms with van der Waals surface area (Å²) in [6, 6.07) is 5.46. The van der Waals surface area contributed by atoms with E-state index in [1.807, 2.05) is 0 Å². The zero-order chi connectivity index (χ0) is 16.5. The fraction of sp³-hybridized carbons (Fsp3) is 0.429. The minimum atomic E-state index is -4.45. The van der Waals surface area contributed by atoms with E-state index in [4.69, 9.17) is 5.73 Å². The van der Waals surface area contributed by atoms with Gasteiger partial charge in [-0.25, -0.2) is 0 Å². The van der Waals surface area contributed by atoms with Crippen LogP contribution in [0.15, 0.2) is 24.3 Å². The van der Waals surface area contributed by atoms with Gasteiger partial charge in [0.2, 0.25) is 5.91 Å². The van der Waals surface area contributed by atoms with Crippen molar-refractivity contribution in [2.45, 2.75) is 18.6 Å². The molecule has 0 saturated carbocycles. The van der Waals surface area contributed by atoms with Gasteiger partial charge in [0, 0.05) is 19.3 Å². The van der Waals surface area contributed by atoms with E-state index in [0.29, 0.717) is 0 Å². The molecule has 1 aromatic rings. The van der Waals surface area contributed by atoms with E-state index < -0.39 is 30.6 Å². The van der Waals surface area contributed by atoms with Crippen molar-refractivity contribution >= 4 is 17.5 Å². The molecule has 2 N–H and O–H groups in total. The first-order valence-electron chi connectivity index (χ1n) is 6.68. The molecule has 1 unspecified atom stereocenters. The van der Waals surface area contributed by atoms with Crippen molar-refractivity contribution in [2.75, 3.05) is 25.9 Å². The van der Waals surface area contributed by atoms with Crippen LogP contribution in [0.1, 0.15) is 16.8 Å². The van der Waals surface area contributed by atoms with Gasteiger partial charge >= 0.3 is 6.18 Å². The van der Waals surface area contributed by atoms with Crippen molar-refractivity contribution in [1.29, 1.82) is 0 Å². The number of amides is 2. The molecule has 5 nitrogen and oxygen atoms in total. The third-order valence-corrected chi connectivity index (χ3v) is 3.62. The molecule has 1 atom stereocenters. The number of likely N-dealkylation sites (N-methyl/N-ethyl adjacent to an activating group) is 1. The molecule has 8 heteroatoms. The third kappa shape index (κ3) is 3.32. The number of halogens is 3. The van der Waals surface area contributed by atoms with Crippen LogP contribution in [0.3, 0.4) is 0 Å². The lowest BCUT2D eigenvalue weighted by atomic mass is 10.1. The normalized spacial score (nSPS) is 18.6. The van der Waals surface area contributed by atoms with Gasteiger partial charge in [0.05, 0.1) is 5.56 Å². The summed E-state index contributed by atoms with van der Waals surface area (Å²) in [5.74, 6) is -1.17. The van der Waals surface area contributed by atoms with E-state index in [1.165, 1.54) is 13.1 Å². The Morgan fingerprint density at radius 1 is 1.41 bits per heavy atom. The molecule has 1 saturated heterocycles.